The van der Waals surface area contributed by atoms with Crippen LogP contribution < -0.4 is 0 Å². The summed E-state index contributed by atoms with van der Waals surface area (Å²) in [5.74, 6) is 0. The van der Waals surface area contributed by atoms with Gasteiger partial charge in [0.15, 0.2) is 0 Å². The Labute approximate surface area is 103 Å². The SMILES string of the molecule is CCOP1(=O)CCCN1P(=O)(OCC)OCC. The Bertz CT molecular complexity index is 325. The summed E-state index contributed by atoms with van der Waals surface area (Å²) in [4.78, 5) is 0. The van der Waals surface area contributed by atoms with Gasteiger partial charge < -0.3 is 4.52 Å². The molecule has 1 rings (SSSR count). The highest BCUT2D eigenvalue weighted by atomic mass is 31.2. The summed E-state index contributed by atoms with van der Waals surface area (Å²) in [6.07, 6.45) is 1.09. The van der Waals surface area contributed by atoms with Crippen LogP contribution in [0.1, 0.15) is 27.2 Å². The van der Waals surface area contributed by atoms with E-state index in [-0.39, 0.29) is 13.2 Å². The lowest BCUT2D eigenvalue weighted by molar-refractivity contribution is 0.186. The summed E-state index contributed by atoms with van der Waals surface area (Å²) < 4.78 is 42.1. The van der Waals surface area contributed by atoms with E-state index in [0.717, 1.165) is 0 Å². The molecule has 0 aliphatic carbocycles. The molecule has 8 heteroatoms. The monoisotopic (exact) mass is 285 g/mol. The molecule has 102 valence electrons. The van der Waals surface area contributed by atoms with Crippen LogP contribution in [-0.4, -0.2) is 37.0 Å². The van der Waals surface area contributed by atoms with Crippen molar-refractivity contribution in [3.8, 4) is 0 Å². The van der Waals surface area contributed by atoms with Crippen LogP contribution in [0.15, 0.2) is 0 Å². The summed E-state index contributed by atoms with van der Waals surface area (Å²) >= 11 is 0. The van der Waals surface area contributed by atoms with E-state index in [0.29, 0.717) is 25.7 Å². The fourth-order valence-electron chi connectivity index (χ4n) is 1.80. The van der Waals surface area contributed by atoms with Crippen molar-refractivity contribution in [2.45, 2.75) is 27.2 Å². The first-order valence-electron chi connectivity index (χ1n) is 5.93. The first kappa shape index (κ1) is 15.4. The molecule has 1 unspecified atom stereocenters. The number of nitrogens with zero attached hydrogens (tertiary/aromatic N) is 1. The highest BCUT2D eigenvalue weighted by Gasteiger charge is 2.49. The molecule has 0 bridgehead atoms. The second-order valence-electron chi connectivity index (χ2n) is 3.53. The molecule has 1 heterocycles. The van der Waals surface area contributed by atoms with Gasteiger partial charge in [-0.1, -0.05) is 0 Å². The quantitative estimate of drug-likeness (QED) is 0.670. The third-order valence-corrected chi connectivity index (χ3v) is 8.20. The molecular weight excluding hydrogens is 264 g/mol. The summed E-state index contributed by atoms with van der Waals surface area (Å²) in [5.41, 5.74) is 0. The van der Waals surface area contributed by atoms with Crippen LogP contribution in [0.4, 0.5) is 0 Å². The minimum atomic E-state index is -3.47. The number of hydrogen-bond donors (Lipinski definition) is 0. The van der Waals surface area contributed by atoms with Crippen molar-refractivity contribution in [2.75, 3.05) is 32.5 Å². The Morgan fingerprint density at radius 1 is 1.18 bits per heavy atom. The third kappa shape index (κ3) is 3.40. The maximum Gasteiger partial charge on any atom is 0.415 e. The summed E-state index contributed by atoms with van der Waals surface area (Å²) in [5, 5.41) is 0. The molecule has 17 heavy (non-hydrogen) atoms. The molecule has 0 spiro atoms. The van der Waals surface area contributed by atoms with Crippen molar-refractivity contribution in [1.82, 2.24) is 4.44 Å². The Hall–Kier alpha value is 0.300. The van der Waals surface area contributed by atoms with Crippen molar-refractivity contribution < 1.29 is 22.7 Å². The zero-order valence-electron chi connectivity index (χ0n) is 10.6. The molecular formula is C9H21NO5P2. The topological polar surface area (TPSA) is 65.1 Å². The molecule has 1 aliphatic rings. The van der Waals surface area contributed by atoms with Crippen LogP contribution in [0.2, 0.25) is 0 Å². The Morgan fingerprint density at radius 2 is 1.76 bits per heavy atom. The van der Waals surface area contributed by atoms with Gasteiger partial charge in [-0.2, -0.15) is 0 Å². The molecule has 0 aromatic rings. The molecule has 0 saturated carbocycles. The third-order valence-electron chi connectivity index (χ3n) is 2.35. The Balaban J connectivity index is 2.93. The van der Waals surface area contributed by atoms with E-state index in [2.05, 4.69) is 0 Å². The molecule has 0 aromatic heterocycles. The van der Waals surface area contributed by atoms with Crippen LogP contribution in [0.3, 0.4) is 0 Å². The van der Waals surface area contributed by atoms with Gasteiger partial charge in [-0.3, -0.25) is 13.6 Å². The summed E-state index contributed by atoms with van der Waals surface area (Å²) in [6.45, 7) is 6.48. The van der Waals surface area contributed by atoms with Gasteiger partial charge in [0.25, 0.3) is 7.52 Å². The molecule has 0 radical (unpaired) electrons. The maximum atomic E-state index is 12.5. The maximum absolute atomic E-state index is 12.5. The first-order chi connectivity index (χ1) is 8.02. The summed E-state index contributed by atoms with van der Waals surface area (Å²) in [6, 6.07) is 0. The predicted molar refractivity (Wildman–Crippen MR) is 66.3 cm³/mol. The van der Waals surface area contributed by atoms with Crippen LogP contribution in [0.5, 0.6) is 0 Å². The van der Waals surface area contributed by atoms with E-state index < -0.39 is 15.3 Å². The number of hydrogen-bond acceptors (Lipinski definition) is 5. The minimum Gasteiger partial charge on any atom is -0.317 e. The van der Waals surface area contributed by atoms with Crippen molar-refractivity contribution in [3.63, 3.8) is 0 Å². The highest BCUT2D eigenvalue weighted by Crippen LogP contribution is 2.70. The molecule has 1 aliphatic heterocycles. The second-order valence-corrected chi connectivity index (χ2v) is 8.25. The van der Waals surface area contributed by atoms with Crippen molar-refractivity contribution in [3.05, 3.63) is 0 Å². The average Bonchev–Trinajstić information content (AvgIpc) is 2.62. The first-order valence-corrected chi connectivity index (χ1v) is 9.19. The van der Waals surface area contributed by atoms with E-state index in [1.807, 2.05) is 0 Å². The molecule has 1 fully saturated rings. The molecule has 1 saturated heterocycles. The van der Waals surface area contributed by atoms with Crippen LogP contribution >= 0.6 is 15.3 Å². The van der Waals surface area contributed by atoms with E-state index in [1.165, 1.54) is 4.44 Å². The van der Waals surface area contributed by atoms with Gasteiger partial charge in [-0.25, -0.2) is 4.57 Å². The van der Waals surface area contributed by atoms with E-state index >= 15 is 0 Å². The molecule has 0 aromatic carbocycles. The summed E-state index contributed by atoms with van der Waals surface area (Å²) in [7, 11) is -6.51. The second kappa shape index (κ2) is 6.46. The van der Waals surface area contributed by atoms with Crippen LogP contribution in [0.25, 0.3) is 0 Å². The Morgan fingerprint density at radius 3 is 2.24 bits per heavy atom. The lowest BCUT2D eigenvalue weighted by atomic mass is 10.5. The molecule has 1 atom stereocenters. The van der Waals surface area contributed by atoms with Gasteiger partial charge >= 0.3 is 7.75 Å². The van der Waals surface area contributed by atoms with Gasteiger partial charge in [0, 0.05) is 12.7 Å². The Kier molecular flexibility index (Phi) is 5.84. The standard InChI is InChI=1S/C9H21NO5P2/c1-4-13-16(11)9-7-8-10(16)17(12,14-5-2)15-6-3/h4-9H2,1-3H3. The van der Waals surface area contributed by atoms with Gasteiger partial charge in [0.1, 0.15) is 0 Å². The molecule has 0 amide bonds. The van der Waals surface area contributed by atoms with Crippen LogP contribution in [0, 0.1) is 0 Å². The van der Waals surface area contributed by atoms with Crippen molar-refractivity contribution >= 4 is 15.3 Å². The minimum absolute atomic E-state index is 0.250. The fourth-order valence-corrected chi connectivity index (χ4v) is 7.13. The normalized spacial score (nSPS) is 26.5. The van der Waals surface area contributed by atoms with Gasteiger partial charge in [0.2, 0.25) is 0 Å². The zero-order chi connectivity index (χ0) is 12.9. The van der Waals surface area contributed by atoms with Crippen molar-refractivity contribution in [2.24, 2.45) is 0 Å². The zero-order valence-corrected chi connectivity index (χ0v) is 12.4. The largest absolute Gasteiger partial charge is 0.415 e. The molecule has 0 N–H and O–H groups in total. The van der Waals surface area contributed by atoms with E-state index in [1.54, 1.807) is 20.8 Å². The predicted octanol–water partition coefficient (Wildman–Crippen LogP) is 3.10. The van der Waals surface area contributed by atoms with Crippen LogP contribution in [-0.2, 0) is 22.7 Å². The van der Waals surface area contributed by atoms with Crippen molar-refractivity contribution in [1.29, 1.82) is 0 Å². The van der Waals surface area contributed by atoms with Gasteiger partial charge in [0.05, 0.1) is 19.8 Å². The highest BCUT2D eigenvalue weighted by molar-refractivity contribution is 7.69. The fraction of sp³-hybridized carbons (Fsp3) is 1.00. The average molecular weight is 285 g/mol. The lowest BCUT2D eigenvalue weighted by Gasteiger charge is -2.29. The molecule has 6 nitrogen and oxygen atoms in total. The van der Waals surface area contributed by atoms with Gasteiger partial charge in [-0.05, 0) is 27.2 Å². The lowest BCUT2D eigenvalue weighted by Crippen LogP contribution is -2.18. The number of rotatable bonds is 7. The van der Waals surface area contributed by atoms with E-state index in [4.69, 9.17) is 13.6 Å². The smallest absolute Gasteiger partial charge is 0.317 e. The van der Waals surface area contributed by atoms with E-state index in [9.17, 15) is 9.13 Å². The van der Waals surface area contributed by atoms with Gasteiger partial charge in [-0.15, -0.1) is 4.44 Å².